The van der Waals surface area contributed by atoms with Crippen molar-refractivity contribution in [2.24, 2.45) is 5.73 Å². The summed E-state index contributed by atoms with van der Waals surface area (Å²) in [6.45, 7) is 20.7. The van der Waals surface area contributed by atoms with E-state index in [1.165, 1.54) is 0 Å². The SMILES string of the molecule is C/C=C/NCC.C=CC(=C)C.CC.CCN.N.N.[HH].[HH]. The molecule has 0 aromatic rings. The van der Waals surface area contributed by atoms with Gasteiger partial charge in [-0.3, -0.25) is 0 Å². The first kappa shape index (κ1) is 36.0. The standard InChI is InChI=1S/C5H11N.C5H8.C2H7N.C2H6.2H3N.2H2/c1-3-5-6-4-2;1-4-5(2)3;1-2-3;1-2;;;;/h3,5-6H,4H2,1-2H3;4H,1-2H2,3H3;2-3H2,1H3;1-2H3;2*1H3;2*1H/b5-3+;;;;;;;. The summed E-state index contributed by atoms with van der Waals surface area (Å²) < 4.78 is 0. The van der Waals surface area contributed by atoms with Gasteiger partial charge in [0.2, 0.25) is 0 Å². The molecule has 0 aliphatic rings. The van der Waals surface area contributed by atoms with Gasteiger partial charge in [-0.1, -0.05) is 51.7 Å². The minimum absolute atomic E-state index is 0. The first-order valence-electron chi connectivity index (χ1n) is 5.93. The third-order valence-electron chi connectivity index (χ3n) is 0.837. The Morgan fingerprint density at radius 1 is 1.28 bits per heavy atom. The summed E-state index contributed by atoms with van der Waals surface area (Å²) in [7, 11) is 0. The van der Waals surface area contributed by atoms with E-state index in [0.29, 0.717) is 0 Å². The Kier molecular flexibility index (Phi) is 113. The Hall–Kier alpha value is -1.10. The van der Waals surface area contributed by atoms with Gasteiger partial charge in [0, 0.05) is 9.40 Å². The lowest BCUT2D eigenvalue weighted by Gasteiger charge is -1.85. The highest BCUT2D eigenvalue weighted by atomic mass is 14.8. The maximum atomic E-state index is 4.85. The van der Waals surface area contributed by atoms with E-state index in [0.717, 1.165) is 18.7 Å². The van der Waals surface area contributed by atoms with Crippen LogP contribution in [0, 0.1) is 0 Å². The van der Waals surface area contributed by atoms with E-state index < -0.39 is 0 Å². The Labute approximate surface area is 119 Å². The van der Waals surface area contributed by atoms with E-state index in [1.54, 1.807) is 6.08 Å². The molecule has 4 nitrogen and oxygen atoms in total. The second-order valence-electron chi connectivity index (χ2n) is 2.52. The Bertz CT molecular complexity index is 152. The van der Waals surface area contributed by atoms with Crippen LogP contribution in [0.2, 0.25) is 0 Å². The van der Waals surface area contributed by atoms with Crippen LogP contribution in [0.3, 0.4) is 0 Å². The predicted molar refractivity (Wildman–Crippen MR) is 93.9 cm³/mol. The molecule has 4 heteroatoms. The molecular weight excluding hydrogens is 224 g/mol. The van der Waals surface area contributed by atoms with Crippen molar-refractivity contribution in [1.82, 2.24) is 17.6 Å². The van der Waals surface area contributed by atoms with Crippen molar-refractivity contribution in [3.05, 3.63) is 37.1 Å². The van der Waals surface area contributed by atoms with E-state index in [2.05, 4.69) is 25.4 Å². The third-order valence-corrected chi connectivity index (χ3v) is 0.837. The van der Waals surface area contributed by atoms with Gasteiger partial charge in [-0.2, -0.15) is 0 Å². The lowest BCUT2D eigenvalue weighted by Crippen LogP contribution is -2.00. The summed E-state index contributed by atoms with van der Waals surface area (Å²) in [6, 6.07) is 0. The minimum Gasteiger partial charge on any atom is -0.391 e. The zero-order valence-electron chi connectivity index (χ0n) is 13.6. The van der Waals surface area contributed by atoms with Crippen LogP contribution in [0.4, 0.5) is 0 Å². The van der Waals surface area contributed by atoms with E-state index in [4.69, 9.17) is 5.73 Å². The molecule has 0 unspecified atom stereocenters. The van der Waals surface area contributed by atoms with Crippen molar-refractivity contribution in [3.63, 3.8) is 0 Å². The first-order valence-corrected chi connectivity index (χ1v) is 5.93. The average Bonchev–Trinajstić information content (AvgIpc) is 2.31. The number of rotatable bonds is 3. The molecule has 0 heterocycles. The highest BCUT2D eigenvalue weighted by Crippen LogP contribution is 1.81. The minimum atomic E-state index is 0. The number of nitrogens with two attached hydrogens (primary N) is 1. The lowest BCUT2D eigenvalue weighted by molar-refractivity contribution is 0.917. The van der Waals surface area contributed by atoms with Crippen LogP contribution in [0.5, 0.6) is 0 Å². The van der Waals surface area contributed by atoms with Crippen LogP contribution < -0.4 is 23.4 Å². The molecule has 0 aromatic heterocycles. The number of hydrogen-bond acceptors (Lipinski definition) is 4. The van der Waals surface area contributed by atoms with Gasteiger partial charge in [0.05, 0.1) is 0 Å². The predicted octanol–water partition coefficient (Wildman–Crippen LogP) is 4.69. The summed E-state index contributed by atoms with van der Waals surface area (Å²) in [5.74, 6) is 0. The Morgan fingerprint density at radius 3 is 1.61 bits per heavy atom. The van der Waals surface area contributed by atoms with Crippen molar-refractivity contribution in [2.45, 2.75) is 41.5 Å². The zero-order chi connectivity index (χ0) is 13.8. The second-order valence-corrected chi connectivity index (χ2v) is 2.52. The number of allylic oxidation sites excluding steroid dienone is 3. The first-order chi connectivity index (χ1) is 7.60. The highest BCUT2D eigenvalue weighted by Gasteiger charge is 1.59. The molecule has 0 aliphatic carbocycles. The summed E-state index contributed by atoms with van der Waals surface area (Å²) in [5.41, 5.74) is 5.87. The van der Waals surface area contributed by atoms with E-state index in [-0.39, 0.29) is 15.2 Å². The van der Waals surface area contributed by atoms with Gasteiger partial charge in [-0.25, -0.2) is 0 Å². The van der Waals surface area contributed by atoms with Crippen LogP contribution in [0.25, 0.3) is 0 Å². The van der Waals surface area contributed by atoms with Crippen LogP contribution >= 0.6 is 0 Å². The maximum absolute atomic E-state index is 4.85. The van der Waals surface area contributed by atoms with Crippen LogP contribution in [0.1, 0.15) is 44.4 Å². The molecule has 0 radical (unpaired) electrons. The largest absolute Gasteiger partial charge is 0.391 e. The molecule has 0 aromatic carbocycles. The summed E-state index contributed by atoms with van der Waals surface area (Å²) in [6.07, 6.45) is 5.63. The van der Waals surface area contributed by atoms with E-state index >= 15 is 0 Å². The summed E-state index contributed by atoms with van der Waals surface area (Å²) >= 11 is 0. The Morgan fingerprint density at radius 2 is 1.56 bits per heavy atom. The van der Waals surface area contributed by atoms with Gasteiger partial charge in [-0.05, 0) is 33.5 Å². The lowest BCUT2D eigenvalue weighted by atomic mass is 10.4. The smallest absolute Gasteiger partial charge is 0.0112 e. The zero-order valence-corrected chi connectivity index (χ0v) is 13.6. The molecule has 0 atom stereocenters. The molecule has 9 N–H and O–H groups in total. The molecular formula is C14H42N4. The number of hydrogen-bond donors (Lipinski definition) is 4. The van der Waals surface area contributed by atoms with Gasteiger partial charge in [0.1, 0.15) is 0 Å². The molecule has 118 valence electrons. The average molecular weight is 267 g/mol. The Balaban J connectivity index is -0.0000000159. The monoisotopic (exact) mass is 266 g/mol. The van der Waals surface area contributed by atoms with Gasteiger partial charge < -0.3 is 23.4 Å². The van der Waals surface area contributed by atoms with Gasteiger partial charge in [0.15, 0.2) is 0 Å². The van der Waals surface area contributed by atoms with E-state index in [9.17, 15) is 0 Å². The summed E-state index contributed by atoms with van der Waals surface area (Å²) in [5, 5.41) is 3.02. The molecule has 18 heavy (non-hydrogen) atoms. The van der Waals surface area contributed by atoms with Gasteiger partial charge in [-0.15, -0.1) is 0 Å². The fourth-order valence-corrected chi connectivity index (χ4v) is 0.236. The van der Waals surface area contributed by atoms with Crippen molar-refractivity contribution in [3.8, 4) is 0 Å². The van der Waals surface area contributed by atoms with Crippen molar-refractivity contribution in [2.75, 3.05) is 13.1 Å². The number of nitrogens with one attached hydrogen (secondary N) is 1. The molecule has 0 saturated carbocycles. The maximum Gasteiger partial charge on any atom is 0.0112 e. The fraction of sp³-hybridized carbons (Fsp3) is 0.571. The second kappa shape index (κ2) is 56.6. The molecule has 0 bridgehead atoms. The quantitative estimate of drug-likeness (QED) is 0.556. The van der Waals surface area contributed by atoms with Crippen LogP contribution in [0.15, 0.2) is 37.1 Å². The fourth-order valence-electron chi connectivity index (χ4n) is 0.236. The van der Waals surface area contributed by atoms with E-state index in [1.807, 2.05) is 46.9 Å². The van der Waals surface area contributed by atoms with Crippen LogP contribution in [-0.4, -0.2) is 13.1 Å². The highest BCUT2D eigenvalue weighted by molar-refractivity contribution is 5.05. The van der Waals surface area contributed by atoms with Gasteiger partial charge >= 0.3 is 0 Å². The summed E-state index contributed by atoms with van der Waals surface area (Å²) in [4.78, 5) is 0. The molecule has 0 spiro atoms. The normalized spacial score (nSPS) is 6.39. The van der Waals surface area contributed by atoms with Crippen molar-refractivity contribution >= 4 is 0 Å². The molecule has 0 amide bonds. The molecule has 0 fully saturated rings. The third kappa shape index (κ3) is 189. The van der Waals surface area contributed by atoms with Gasteiger partial charge in [0.25, 0.3) is 0 Å². The molecule has 0 rings (SSSR count). The molecule has 0 saturated heterocycles. The topological polar surface area (TPSA) is 108 Å². The van der Waals surface area contributed by atoms with Crippen molar-refractivity contribution in [1.29, 1.82) is 0 Å². The van der Waals surface area contributed by atoms with Crippen LogP contribution in [-0.2, 0) is 0 Å². The molecule has 0 aliphatic heterocycles. The van der Waals surface area contributed by atoms with Crippen molar-refractivity contribution < 1.29 is 2.85 Å².